The maximum Gasteiger partial charge on any atom is 0.252 e. The van der Waals surface area contributed by atoms with E-state index in [1.165, 1.54) is 17.5 Å². The van der Waals surface area contributed by atoms with Crippen molar-refractivity contribution in [2.75, 3.05) is 0 Å². The van der Waals surface area contributed by atoms with Crippen LogP contribution in [-0.4, -0.2) is 12.3 Å². The van der Waals surface area contributed by atoms with Crippen molar-refractivity contribution in [3.63, 3.8) is 0 Å². The third-order valence-corrected chi connectivity index (χ3v) is 6.14. The van der Waals surface area contributed by atoms with E-state index in [0.29, 0.717) is 17.2 Å². The Morgan fingerprint density at radius 2 is 1.77 bits per heavy atom. The fraction of sp³-hybridized carbons (Fsp3) is 0.333. The van der Waals surface area contributed by atoms with Gasteiger partial charge in [-0.15, -0.1) is 12.6 Å². The minimum absolute atomic E-state index is 0.0615. The van der Waals surface area contributed by atoms with Crippen LogP contribution >= 0.6 is 12.6 Å². The molecule has 1 amide bonds. The van der Waals surface area contributed by atoms with E-state index < -0.39 is 0 Å². The summed E-state index contributed by atoms with van der Waals surface area (Å²) in [6.07, 6.45) is 4.03. The van der Waals surface area contributed by atoms with Gasteiger partial charge in [-0.25, -0.2) is 4.99 Å². The van der Waals surface area contributed by atoms with Gasteiger partial charge in [0.25, 0.3) is 5.91 Å². The highest BCUT2D eigenvalue weighted by Gasteiger charge is 2.20. The summed E-state index contributed by atoms with van der Waals surface area (Å²) in [5.74, 6) is 0.931. The smallest absolute Gasteiger partial charge is 0.252 e. The van der Waals surface area contributed by atoms with Gasteiger partial charge in [-0.1, -0.05) is 74.7 Å². The van der Waals surface area contributed by atoms with E-state index >= 15 is 0 Å². The summed E-state index contributed by atoms with van der Waals surface area (Å²) < 4.78 is 5.77. The molecule has 1 N–H and O–H groups in total. The molecule has 35 heavy (non-hydrogen) atoms. The summed E-state index contributed by atoms with van der Waals surface area (Å²) in [6, 6.07) is 19.7. The minimum Gasteiger partial charge on any atom is -0.446 e. The lowest BCUT2D eigenvalue weighted by Gasteiger charge is -2.23. The van der Waals surface area contributed by atoms with E-state index in [1.54, 1.807) is 0 Å². The van der Waals surface area contributed by atoms with Gasteiger partial charge < -0.3 is 10.1 Å². The third-order valence-electron chi connectivity index (χ3n) is 5.77. The molecule has 3 aromatic carbocycles. The van der Waals surface area contributed by atoms with Crippen molar-refractivity contribution < 1.29 is 9.53 Å². The van der Waals surface area contributed by atoms with Crippen molar-refractivity contribution >= 4 is 30.6 Å². The molecule has 1 atom stereocenters. The summed E-state index contributed by atoms with van der Waals surface area (Å²) in [5.41, 5.74) is 5.93. The van der Waals surface area contributed by atoms with E-state index in [9.17, 15) is 4.79 Å². The highest BCUT2D eigenvalue weighted by Crippen LogP contribution is 2.26. The largest absolute Gasteiger partial charge is 0.446 e. The van der Waals surface area contributed by atoms with E-state index in [0.717, 1.165) is 41.0 Å². The Balaban J connectivity index is 1.85. The van der Waals surface area contributed by atoms with Crippen LogP contribution in [0.3, 0.4) is 0 Å². The van der Waals surface area contributed by atoms with Gasteiger partial charge in [0.2, 0.25) is 0 Å². The Morgan fingerprint density at radius 3 is 2.43 bits per heavy atom. The molecular weight excluding hydrogens is 452 g/mol. The van der Waals surface area contributed by atoms with Crippen LogP contribution in [0.2, 0.25) is 0 Å². The highest BCUT2D eigenvalue weighted by molar-refractivity contribution is 7.80. The summed E-state index contributed by atoms with van der Waals surface area (Å²) >= 11 is 4.41. The van der Waals surface area contributed by atoms with E-state index in [-0.39, 0.29) is 11.9 Å². The molecule has 0 saturated carbocycles. The quantitative estimate of drug-likeness (QED) is 0.174. The Kier molecular flexibility index (Phi) is 9.55. The average Bonchev–Trinajstić information content (AvgIpc) is 2.80. The first-order valence-electron chi connectivity index (χ1n) is 12.3. The molecule has 3 aromatic rings. The van der Waals surface area contributed by atoms with E-state index in [1.807, 2.05) is 42.5 Å². The van der Waals surface area contributed by atoms with Crippen molar-refractivity contribution in [2.24, 2.45) is 10.9 Å². The fourth-order valence-corrected chi connectivity index (χ4v) is 4.46. The molecule has 0 aliphatic carbocycles. The molecule has 0 bridgehead atoms. The Bertz CT molecular complexity index is 1170. The summed E-state index contributed by atoms with van der Waals surface area (Å²) in [5, 5.41) is 3.31. The number of carbonyl (C=O) groups excluding carboxylic acids is 1. The third kappa shape index (κ3) is 7.72. The van der Waals surface area contributed by atoms with Crippen molar-refractivity contribution in [3.8, 4) is 5.75 Å². The number of para-hydroxylation sites is 1. The standard InChI is InChI=1S/C30H36N2O2S/c1-6-9-23-12-13-25(34-19-31-27-10-7-8-11-29(27)35)18-26(23)30(33)32-28(14-20(2)3)24-16-21(4)15-22(5)17-24/h7-8,10-13,15-20,28,35H,6,9,14H2,1-5H3,(H,32,33)/t28-/m1/s1. The zero-order valence-electron chi connectivity index (χ0n) is 21.3. The lowest BCUT2D eigenvalue weighted by atomic mass is 9.93. The van der Waals surface area contributed by atoms with Gasteiger partial charge >= 0.3 is 0 Å². The molecule has 3 rings (SSSR count). The first-order chi connectivity index (χ1) is 16.8. The molecule has 0 aliphatic rings. The number of hydrogen-bond acceptors (Lipinski definition) is 4. The normalized spacial score (nSPS) is 12.2. The second-order valence-electron chi connectivity index (χ2n) is 9.49. The number of thiol groups is 1. The summed E-state index contributed by atoms with van der Waals surface area (Å²) in [7, 11) is 0. The monoisotopic (exact) mass is 488 g/mol. The van der Waals surface area contributed by atoms with Crippen molar-refractivity contribution in [1.29, 1.82) is 0 Å². The number of ether oxygens (including phenoxy) is 1. The molecule has 0 unspecified atom stereocenters. The SMILES string of the molecule is CCCc1ccc(OC=Nc2ccccc2S)cc1C(=O)N[C@H](CC(C)C)c1cc(C)cc(C)c1. The first kappa shape index (κ1) is 26.6. The lowest BCUT2D eigenvalue weighted by Crippen LogP contribution is -2.30. The van der Waals surface area contributed by atoms with E-state index in [2.05, 4.69) is 75.8 Å². The van der Waals surface area contributed by atoms with Gasteiger partial charge in [0.15, 0.2) is 6.40 Å². The molecule has 0 spiro atoms. The number of benzene rings is 3. The summed E-state index contributed by atoms with van der Waals surface area (Å²) in [4.78, 5) is 18.7. The minimum atomic E-state index is -0.0821. The number of rotatable bonds is 10. The zero-order chi connectivity index (χ0) is 25.4. The number of hydrogen-bond donors (Lipinski definition) is 2. The van der Waals surface area contributed by atoms with Crippen LogP contribution in [0.1, 0.15) is 72.3 Å². The molecule has 5 heteroatoms. The van der Waals surface area contributed by atoms with Gasteiger partial charge in [-0.2, -0.15) is 0 Å². The van der Waals surface area contributed by atoms with Gasteiger partial charge in [0.05, 0.1) is 11.7 Å². The van der Waals surface area contributed by atoms with Crippen LogP contribution in [0.4, 0.5) is 5.69 Å². The van der Waals surface area contributed by atoms with Gasteiger partial charge in [-0.3, -0.25) is 4.79 Å². The summed E-state index contributed by atoms with van der Waals surface area (Å²) in [6.45, 7) is 10.7. The van der Waals surface area contributed by atoms with E-state index in [4.69, 9.17) is 4.74 Å². The van der Waals surface area contributed by atoms with Crippen LogP contribution in [-0.2, 0) is 6.42 Å². The molecule has 0 radical (unpaired) electrons. The number of aliphatic imine (C=N–C) groups is 1. The highest BCUT2D eigenvalue weighted by atomic mass is 32.1. The zero-order valence-corrected chi connectivity index (χ0v) is 22.2. The van der Waals surface area contributed by atoms with Crippen molar-refractivity contribution in [2.45, 2.75) is 64.8 Å². The number of aryl methyl sites for hydroxylation is 3. The maximum absolute atomic E-state index is 13.6. The van der Waals surface area contributed by atoms with Crippen molar-refractivity contribution in [3.05, 3.63) is 88.5 Å². The van der Waals surface area contributed by atoms with Crippen LogP contribution in [0.5, 0.6) is 5.75 Å². The molecule has 4 nitrogen and oxygen atoms in total. The molecule has 0 fully saturated rings. The average molecular weight is 489 g/mol. The lowest BCUT2D eigenvalue weighted by molar-refractivity contribution is 0.0930. The molecule has 184 valence electrons. The predicted molar refractivity (Wildman–Crippen MR) is 148 cm³/mol. The van der Waals surface area contributed by atoms with Crippen LogP contribution in [0, 0.1) is 19.8 Å². The Labute approximate surface area is 215 Å². The predicted octanol–water partition coefficient (Wildman–Crippen LogP) is 7.80. The number of nitrogens with zero attached hydrogens (tertiary/aromatic N) is 1. The Hall–Kier alpha value is -3.05. The van der Waals surface area contributed by atoms with Crippen LogP contribution < -0.4 is 10.1 Å². The number of nitrogens with one attached hydrogen (secondary N) is 1. The topological polar surface area (TPSA) is 50.7 Å². The second kappa shape index (κ2) is 12.6. The van der Waals surface area contributed by atoms with Gasteiger partial charge in [-0.05, 0) is 68.0 Å². The van der Waals surface area contributed by atoms with Gasteiger partial charge in [0.1, 0.15) is 5.75 Å². The molecular formula is C30H36N2O2S. The molecule has 0 saturated heterocycles. The molecule has 0 heterocycles. The maximum atomic E-state index is 13.6. The number of carbonyl (C=O) groups is 1. The Morgan fingerprint density at radius 1 is 1.06 bits per heavy atom. The van der Waals surface area contributed by atoms with Crippen LogP contribution in [0.25, 0.3) is 0 Å². The molecule has 0 aromatic heterocycles. The fourth-order valence-electron chi connectivity index (χ4n) is 4.24. The number of amides is 1. The van der Waals surface area contributed by atoms with Crippen molar-refractivity contribution in [1.82, 2.24) is 5.32 Å². The second-order valence-corrected chi connectivity index (χ2v) is 9.97. The van der Waals surface area contributed by atoms with Gasteiger partial charge in [0, 0.05) is 10.5 Å². The molecule has 0 aliphatic heterocycles. The van der Waals surface area contributed by atoms with Crippen LogP contribution in [0.15, 0.2) is 70.6 Å². The first-order valence-corrected chi connectivity index (χ1v) is 12.7.